The van der Waals surface area contributed by atoms with Gasteiger partial charge in [-0.1, -0.05) is 32.0 Å². The van der Waals surface area contributed by atoms with Gasteiger partial charge in [-0.3, -0.25) is 10.1 Å². The van der Waals surface area contributed by atoms with Gasteiger partial charge in [-0.15, -0.1) is 0 Å². The van der Waals surface area contributed by atoms with Crippen LogP contribution < -0.4 is 5.32 Å². The van der Waals surface area contributed by atoms with Crippen LogP contribution in [0.15, 0.2) is 24.3 Å². The molecule has 0 aliphatic heterocycles. The van der Waals surface area contributed by atoms with Crippen LogP contribution in [0.1, 0.15) is 25.8 Å². The van der Waals surface area contributed by atoms with Gasteiger partial charge in [0.05, 0.1) is 4.92 Å². The van der Waals surface area contributed by atoms with E-state index in [9.17, 15) is 10.1 Å². The highest BCUT2D eigenvalue weighted by Gasteiger charge is 2.15. The summed E-state index contributed by atoms with van der Waals surface area (Å²) in [6.07, 6.45) is 1.65. The predicted molar refractivity (Wildman–Crippen MR) is 69.1 cm³/mol. The Kier molecular flexibility index (Phi) is 5.10. The summed E-state index contributed by atoms with van der Waals surface area (Å²) in [6.45, 7) is 4.31. The molecule has 0 aliphatic carbocycles. The van der Waals surface area contributed by atoms with E-state index in [1.807, 2.05) is 19.2 Å². The van der Waals surface area contributed by atoms with Gasteiger partial charge in [-0.05, 0) is 25.8 Å². The van der Waals surface area contributed by atoms with Gasteiger partial charge >= 0.3 is 0 Å². The molecule has 4 heteroatoms. The van der Waals surface area contributed by atoms with Crippen LogP contribution in [0.25, 0.3) is 0 Å². The average molecular weight is 236 g/mol. The molecule has 1 unspecified atom stereocenters. The summed E-state index contributed by atoms with van der Waals surface area (Å²) in [4.78, 5) is 10.6. The Hall–Kier alpha value is -1.42. The van der Waals surface area contributed by atoms with Gasteiger partial charge in [0.2, 0.25) is 0 Å². The maximum Gasteiger partial charge on any atom is 0.272 e. The fourth-order valence-electron chi connectivity index (χ4n) is 2.02. The van der Waals surface area contributed by atoms with E-state index < -0.39 is 0 Å². The molecule has 0 bridgehead atoms. The van der Waals surface area contributed by atoms with E-state index in [0.29, 0.717) is 12.0 Å². The zero-order chi connectivity index (χ0) is 12.8. The summed E-state index contributed by atoms with van der Waals surface area (Å²) in [5, 5.41) is 14.1. The average Bonchev–Trinajstić information content (AvgIpc) is 2.29. The standard InChI is InChI=1S/C13H20N2O2/c1-10(2)12(14-3)9-8-11-6-4-5-7-13(11)15(16)17/h4-7,10,12,14H,8-9H2,1-3H3. The molecule has 1 aromatic carbocycles. The van der Waals surface area contributed by atoms with Crippen LogP contribution in [-0.4, -0.2) is 18.0 Å². The number of nitro benzene ring substituents is 1. The molecule has 1 atom stereocenters. The zero-order valence-electron chi connectivity index (χ0n) is 10.6. The molecule has 0 radical (unpaired) electrons. The van der Waals surface area contributed by atoms with Crippen molar-refractivity contribution < 1.29 is 4.92 Å². The molecule has 1 rings (SSSR count). The Morgan fingerprint density at radius 2 is 2.00 bits per heavy atom. The molecule has 0 saturated carbocycles. The number of hydrogen-bond acceptors (Lipinski definition) is 3. The van der Waals surface area contributed by atoms with Gasteiger partial charge in [0.15, 0.2) is 0 Å². The molecule has 0 fully saturated rings. The van der Waals surface area contributed by atoms with E-state index >= 15 is 0 Å². The Morgan fingerprint density at radius 1 is 1.35 bits per heavy atom. The number of nitrogens with zero attached hydrogens (tertiary/aromatic N) is 1. The third-order valence-electron chi connectivity index (χ3n) is 3.09. The lowest BCUT2D eigenvalue weighted by atomic mass is 9.96. The topological polar surface area (TPSA) is 55.2 Å². The second-order valence-electron chi connectivity index (χ2n) is 4.56. The fraction of sp³-hybridized carbons (Fsp3) is 0.538. The smallest absolute Gasteiger partial charge is 0.272 e. The van der Waals surface area contributed by atoms with Crippen LogP contribution in [0.5, 0.6) is 0 Å². The Labute approximate surface area is 102 Å². The van der Waals surface area contributed by atoms with E-state index in [1.54, 1.807) is 12.1 Å². The highest BCUT2D eigenvalue weighted by molar-refractivity contribution is 5.39. The first-order chi connectivity index (χ1) is 8.06. The van der Waals surface area contributed by atoms with Crippen molar-refractivity contribution >= 4 is 5.69 Å². The van der Waals surface area contributed by atoms with Crippen molar-refractivity contribution in [1.82, 2.24) is 5.32 Å². The van der Waals surface area contributed by atoms with Crippen LogP contribution >= 0.6 is 0 Å². The molecule has 4 nitrogen and oxygen atoms in total. The molecular formula is C13H20N2O2. The molecule has 1 aromatic rings. The quantitative estimate of drug-likeness (QED) is 0.610. The van der Waals surface area contributed by atoms with Crippen molar-refractivity contribution in [3.8, 4) is 0 Å². The maximum atomic E-state index is 10.9. The Bertz CT molecular complexity index is 377. The number of nitro groups is 1. The molecule has 0 aromatic heterocycles. The van der Waals surface area contributed by atoms with Crippen LogP contribution in [0, 0.1) is 16.0 Å². The van der Waals surface area contributed by atoms with E-state index in [-0.39, 0.29) is 10.6 Å². The molecule has 94 valence electrons. The van der Waals surface area contributed by atoms with Crippen molar-refractivity contribution in [2.24, 2.45) is 5.92 Å². The first-order valence-electron chi connectivity index (χ1n) is 5.95. The number of nitrogens with one attached hydrogen (secondary N) is 1. The minimum atomic E-state index is -0.306. The molecular weight excluding hydrogens is 216 g/mol. The van der Waals surface area contributed by atoms with E-state index in [0.717, 1.165) is 18.4 Å². The lowest BCUT2D eigenvalue weighted by Crippen LogP contribution is -2.31. The Balaban J connectivity index is 2.72. The predicted octanol–water partition coefficient (Wildman–Crippen LogP) is 2.77. The first-order valence-corrected chi connectivity index (χ1v) is 5.95. The largest absolute Gasteiger partial charge is 0.317 e. The lowest BCUT2D eigenvalue weighted by Gasteiger charge is -2.19. The van der Waals surface area contributed by atoms with Gasteiger partial charge in [0, 0.05) is 17.7 Å². The molecule has 0 spiro atoms. The minimum Gasteiger partial charge on any atom is -0.317 e. The number of benzene rings is 1. The van der Waals surface area contributed by atoms with Crippen LogP contribution in [0.4, 0.5) is 5.69 Å². The summed E-state index contributed by atoms with van der Waals surface area (Å²) in [6, 6.07) is 7.37. The lowest BCUT2D eigenvalue weighted by molar-refractivity contribution is -0.385. The van der Waals surface area contributed by atoms with Crippen LogP contribution in [-0.2, 0) is 6.42 Å². The van der Waals surface area contributed by atoms with Crippen molar-refractivity contribution in [2.45, 2.75) is 32.7 Å². The second kappa shape index (κ2) is 6.35. The molecule has 0 aliphatic rings. The van der Waals surface area contributed by atoms with Gasteiger partial charge < -0.3 is 5.32 Å². The molecule has 17 heavy (non-hydrogen) atoms. The summed E-state index contributed by atoms with van der Waals surface area (Å²) in [5.41, 5.74) is 1.05. The number of para-hydroxylation sites is 1. The van der Waals surface area contributed by atoms with Crippen molar-refractivity contribution in [3.05, 3.63) is 39.9 Å². The van der Waals surface area contributed by atoms with Gasteiger partial charge in [-0.25, -0.2) is 0 Å². The van der Waals surface area contributed by atoms with Crippen molar-refractivity contribution in [3.63, 3.8) is 0 Å². The maximum absolute atomic E-state index is 10.9. The normalized spacial score (nSPS) is 12.7. The highest BCUT2D eigenvalue weighted by Crippen LogP contribution is 2.20. The van der Waals surface area contributed by atoms with E-state index in [4.69, 9.17) is 0 Å². The summed E-state index contributed by atoms with van der Waals surface area (Å²) in [5.74, 6) is 0.530. The number of hydrogen-bond donors (Lipinski definition) is 1. The fourth-order valence-corrected chi connectivity index (χ4v) is 2.02. The summed E-state index contributed by atoms with van der Waals surface area (Å²) < 4.78 is 0. The third kappa shape index (κ3) is 3.82. The monoisotopic (exact) mass is 236 g/mol. The van der Waals surface area contributed by atoms with Crippen LogP contribution in [0.3, 0.4) is 0 Å². The number of aryl methyl sites for hydroxylation is 1. The van der Waals surface area contributed by atoms with E-state index in [2.05, 4.69) is 19.2 Å². The highest BCUT2D eigenvalue weighted by atomic mass is 16.6. The SMILES string of the molecule is CNC(CCc1ccccc1[N+](=O)[O-])C(C)C. The zero-order valence-corrected chi connectivity index (χ0v) is 10.6. The van der Waals surface area contributed by atoms with Gasteiger partial charge in [0.25, 0.3) is 5.69 Å². The third-order valence-corrected chi connectivity index (χ3v) is 3.09. The number of rotatable bonds is 6. The van der Waals surface area contributed by atoms with Crippen molar-refractivity contribution in [2.75, 3.05) is 7.05 Å². The Morgan fingerprint density at radius 3 is 2.53 bits per heavy atom. The van der Waals surface area contributed by atoms with Gasteiger partial charge in [-0.2, -0.15) is 0 Å². The molecule has 1 N–H and O–H groups in total. The molecule has 0 saturated heterocycles. The second-order valence-corrected chi connectivity index (χ2v) is 4.56. The van der Waals surface area contributed by atoms with Gasteiger partial charge in [0.1, 0.15) is 0 Å². The summed E-state index contributed by atoms with van der Waals surface area (Å²) >= 11 is 0. The van der Waals surface area contributed by atoms with E-state index in [1.165, 1.54) is 0 Å². The van der Waals surface area contributed by atoms with Crippen LogP contribution in [0.2, 0.25) is 0 Å². The van der Waals surface area contributed by atoms with Crippen molar-refractivity contribution in [1.29, 1.82) is 0 Å². The summed E-state index contributed by atoms with van der Waals surface area (Å²) in [7, 11) is 1.93. The molecule has 0 amide bonds. The minimum absolute atomic E-state index is 0.228. The first kappa shape index (κ1) is 13.6. The molecule has 0 heterocycles.